The van der Waals surface area contributed by atoms with Crippen molar-refractivity contribution in [1.82, 2.24) is 0 Å². The highest BCUT2D eigenvalue weighted by Gasteiger charge is 2.05. The summed E-state index contributed by atoms with van der Waals surface area (Å²) in [5, 5.41) is 16.1. The first-order valence-electron chi connectivity index (χ1n) is 6.71. The van der Waals surface area contributed by atoms with Crippen LogP contribution in [0.4, 0.5) is 22.7 Å². The van der Waals surface area contributed by atoms with E-state index in [-0.39, 0.29) is 0 Å². The fourth-order valence-electron chi connectivity index (χ4n) is 1.86. The van der Waals surface area contributed by atoms with Gasteiger partial charge >= 0.3 is 0 Å². The Morgan fingerprint density at radius 1 is 0.762 bits per heavy atom. The van der Waals surface area contributed by atoms with Gasteiger partial charge in [-0.15, -0.1) is 0 Å². The summed E-state index contributed by atoms with van der Waals surface area (Å²) in [4.78, 5) is 4.62. The number of rotatable bonds is 4. The van der Waals surface area contributed by atoms with Gasteiger partial charge in [-0.05, 0) is 36.4 Å². The number of benzene rings is 2. The lowest BCUT2D eigenvalue weighted by Crippen LogP contribution is -2.08. The molecule has 0 aliphatic heterocycles. The molecule has 5 heteroatoms. The molecular weight excluding hydrogens is 264 g/mol. The highest BCUT2D eigenvalue weighted by Crippen LogP contribution is 2.22. The van der Waals surface area contributed by atoms with Crippen LogP contribution in [0.25, 0.3) is 0 Å². The van der Waals surface area contributed by atoms with Gasteiger partial charge in [-0.3, -0.25) is 0 Å². The average molecular weight is 284 g/mol. The lowest BCUT2D eigenvalue weighted by Gasteiger charge is -2.12. The molecule has 2 rings (SSSR count). The van der Waals surface area contributed by atoms with Crippen LogP contribution in [0.3, 0.4) is 0 Å². The molecule has 0 aliphatic rings. The highest BCUT2D eigenvalue weighted by molar-refractivity contribution is 5.52. The second-order valence-corrected chi connectivity index (χ2v) is 5.19. The van der Waals surface area contributed by atoms with Crippen molar-refractivity contribution in [2.24, 2.45) is 5.11 Å². The second kappa shape index (κ2) is 6.26. The van der Waals surface area contributed by atoms with E-state index in [4.69, 9.17) is 0 Å². The normalized spacial score (nSPS) is 11.3. The van der Waals surface area contributed by atoms with Gasteiger partial charge in [-0.2, -0.15) is 0 Å². The molecule has 21 heavy (non-hydrogen) atoms. The lowest BCUT2D eigenvalue weighted by molar-refractivity contribution is -0.435. The van der Waals surface area contributed by atoms with E-state index in [9.17, 15) is 5.21 Å². The van der Waals surface area contributed by atoms with Gasteiger partial charge < -0.3 is 15.0 Å². The van der Waals surface area contributed by atoms with Gasteiger partial charge in [0.15, 0.2) is 0 Å². The third kappa shape index (κ3) is 3.72. The van der Waals surface area contributed by atoms with E-state index in [1.54, 1.807) is 12.1 Å². The van der Waals surface area contributed by atoms with Gasteiger partial charge in [0, 0.05) is 56.8 Å². The van der Waals surface area contributed by atoms with Gasteiger partial charge in [0.1, 0.15) is 5.69 Å². The number of hydrogen-bond donors (Lipinski definition) is 0. The Morgan fingerprint density at radius 3 is 1.62 bits per heavy atom. The van der Waals surface area contributed by atoms with Crippen molar-refractivity contribution >= 4 is 22.7 Å². The number of hydrogen-bond acceptors (Lipinski definition) is 4. The second-order valence-electron chi connectivity index (χ2n) is 5.19. The Kier molecular flexibility index (Phi) is 4.42. The molecule has 0 bridgehead atoms. The molecule has 0 atom stereocenters. The van der Waals surface area contributed by atoms with Crippen LogP contribution in [0.1, 0.15) is 0 Å². The third-order valence-electron chi connectivity index (χ3n) is 3.16. The van der Waals surface area contributed by atoms with Gasteiger partial charge in [0.25, 0.3) is 0 Å². The minimum Gasteiger partial charge on any atom is -0.594 e. The fourth-order valence-corrected chi connectivity index (χ4v) is 1.86. The molecule has 2 aromatic carbocycles. The molecule has 110 valence electrons. The van der Waals surface area contributed by atoms with Crippen molar-refractivity contribution in [3.8, 4) is 0 Å². The minimum atomic E-state index is 0.511. The zero-order valence-electron chi connectivity index (χ0n) is 12.8. The first kappa shape index (κ1) is 14.8. The van der Waals surface area contributed by atoms with Crippen molar-refractivity contribution in [3.05, 3.63) is 53.7 Å². The smallest absolute Gasteiger partial charge is 0.245 e. The number of azo groups is 1. The Hall–Kier alpha value is -2.56. The zero-order chi connectivity index (χ0) is 15.4. The molecule has 0 amide bonds. The largest absolute Gasteiger partial charge is 0.594 e. The van der Waals surface area contributed by atoms with Gasteiger partial charge in [-0.25, -0.2) is 0 Å². The summed E-state index contributed by atoms with van der Waals surface area (Å²) in [6.07, 6.45) is 0. The topological polar surface area (TPSA) is 44.9 Å². The van der Waals surface area contributed by atoms with Gasteiger partial charge in [-0.1, -0.05) is 4.86 Å². The standard InChI is InChI=1S/C16H20N4O/c1-18(2)14-7-5-13(6-8-14)17-20(21)16-11-9-15(10-12-16)19(3)4/h5-12H,1-4H3. The van der Waals surface area contributed by atoms with Crippen molar-refractivity contribution in [1.29, 1.82) is 0 Å². The quantitative estimate of drug-likeness (QED) is 0.488. The number of nitrogens with zero attached hydrogens (tertiary/aromatic N) is 4. The monoisotopic (exact) mass is 284 g/mol. The van der Waals surface area contributed by atoms with Crippen molar-refractivity contribution in [2.75, 3.05) is 38.0 Å². The zero-order valence-corrected chi connectivity index (χ0v) is 12.8. The molecule has 0 unspecified atom stereocenters. The molecular formula is C16H20N4O. The van der Waals surface area contributed by atoms with Crippen LogP contribution in [0.15, 0.2) is 53.6 Å². The van der Waals surface area contributed by atoms with Crippen LogP contribution >= 0.6 is 0 Å². The molecule has 0 fully saturated rings. The molecule has 2 aromatic rings. The molecule has 0 N–H and O–H groups in total. The maximum absolute atomic E-state index is 12.0. The van der Waals surface area contributed by atoms with E-state index in [1.807, 2.05) is 74.4 Å². The van der Waals surface area contributed by atoms with Crippen LogP contribution in [-0.2, 0) is 0 Å². The predicted molar refractivity (Wildman–Crippen MR) is 86.9 cm³/mol. The van der Waals surface area contributed by atoms with Gasteiger partial charge in [0.2, 0.25) is 5.69 Å². The van der Waals surface area contributed by atoms with Gasteiger partial charge in [0.05, 0.1) is 0 Å². The summed E-state index contributed by atoms with van der Waals surface area (Å²) in [5.74, 6) is 0. The molecule has 0 radical (unpaired) electrons. The van der Waals surface area contributed by atoms with E-state index in [1.165, 1.54) is 0 Å². The first-order chi connectivity index (χ1) is 9.97. The Bertz CT molecular complexity index is 616. The highest BCUT2D eigenvalue weighted by atomic mass is 16.5. The summed E-state index contributed by atoms with van der Waals surface area (Å²) >= 11 is 0. The molecule has 0 aliphatic carbocycles. The Morgan fingerprint density at radius 2 is 1.19 bits per heavy atom. The van der Waals surface area contributed by atoms with Crippen LogP contribution < -0.4 is 9.80 Å². The summed E-state index contributed by atoms with van der Waals surface area (Å²) in [6, 6.07) is 14.8. The average Bonchev–Trinajstić information content (AvgIpc) is 2.47. The van der Waals surface area contributed by atoms with E-state index >= 15 is 0 Å². The Balaban J connectivity index is 2.19. The van der Waals surface area contributed by atoms with E-state index < -0.39 is 0 Å². The van der Waals surface area contributed by atoms with E-state index in [0.717, 1.165) is 11.4 Å². The first-order valence-corrected chi connectivity index (χ1v) is 6.71. The molecule has 0 spiro atoms. The summed E-state index contributed by atoms with van der Waals surface area (Å²) in [7, 11) is 7.86. The minimum absolute atomic E-state index is 0.511. The SMILES string of the molecule is CN(C)c1ccc(N=[N+]([O-])c2ccc(N(C)C)cc2)cc1. The van der Waals surface area contributed by atoms with Crippen molar-refractivity contribution in [3.63, 3.8) is 0 Å². The maximum Gasteiger partial charge on any atom is 0.245 e. The van der Waals surface area contributed by atoms with Crippen LogP contribution in [0.2, 0.25) is 0 Å². The van der Waals surface area contributed by atoms with Crippen LogP contribution in [-0.4, -0.2) is 33.1 Å². The summed E-state index contributed by atoms with van der Waals surface area (Å²) < 4.78 is 0. The van der Waals surface area contributed by atoms with Crippen LogP contribution in [0, 0.1) is 5.21 Å². The lowest BCUT2D eigenvalue weighted by atomic mass is 10.2. The van der Waals surface area contributed by atoms with Crippen molar-refractivity contribution in [2.45, 2.75) is 0 Å². The third-order valence-corrected chi connectivity index (χ3v) is 3.16. The van der Waals surface area contributed by atoms with Crippen LogP contribution in [0.5, 0.6) is 0 Å². The molecule has 0 saturated heterocycles. The van der Waals surface area contributed by atoms with E-state index in [0.29, 0.717) is 16.2 Å². The van der Waals surface area contributed by atoms with E-state index in [2.05, 4.69) is 5.11 Å². The fraction of sp³-hybridized carbons (Fsp3) is 0.250. The molecule has 0 heterocycles. The Labute approximate surface area is 125 Å². The number of anilines is 2. The molecule has 0 aromatic heterocycles. The summed E-state index contributed by atoms with van der Waals surface area (Å²) in [5.41, 5.74) is 3.26. The van der Waals surface area contributed by atoms with Crippen molar-refractivity contribution < 1.29 is 4.86 Å². The molecule has 5 nitrogen and oxygen atoms in total. The summed E-state index contributed by atoms with van der Waals surface area (Å²) in [6.45, 7) is 0. The predicted octanol–water partition coefficient (Wildman–Crippen LogP) is 3.74. The molecule has 0 saturated carbocycles. The maximum atomic E-state index is 12.0.